The summed E-state index contributed by atoms with van der Waals surface area (Å²) in [6.07, 6.45) is -2.79. The molecule has 0 saturated carbocycles. The molecule has 8 nitrogen and oxygen atoms in total. The van der Waals surface area contributed by atoms with Crippen LogP contribution in [0.25, 0.3) is 0 Å². The van der Waals surface area contributed by atoms with E-state index in [1.165, 1.54) is 10.2 Å². The molecular weight excluding hydrogens is 452 g/mol. The van der Waals surface area contributed by atoms with Gasteiger partial charge in [-0.2, -0.15) is 0 Å². The van der Waals surface area contributed by atoms with Gasteiger partial charge < -0.3 is 14.2 Å². The number of rotatable bonds is 5. The van der Waals surface area contributed by atoms with Gasteiger partial charge in [-0.25, -0.2) is 13.8 Å². The molecule has 1 N–H and O–H groups in total. The van der Waals surface area contributed by atoms with E-state index < -0.39 is 12.1 Å². The number of alkyl halides is 2. The molecule has 0 radical (unpaired) electrons. The normalized spacial score (nSPS) is 14.8. The molecule has 0 spiro atoms. The first-order valence-electron chi connectivity index (χ1n) is 8.97. The summed E-state index contributed by atoms with van der Waals surface area (Å²) in [7, 11) is 1.57. The molecule has 1 aromatic heterocycles. The zero-order valence-corrected chi connectivity index (χ0v) is 17.5. The fraction of sp³-hybridized carbons (Fsp3) is 0.158. The van der Waals surface area contributed by atoms with Crippen molar-refractivity contribution >= 4 is 39.6 Å². The number of nitrogens with zero attached hydrogens (tertiary/aromatic N) is 4. The maximum Gasteiger partial charge on any atom is 0.282 e. The van der Waals surface area contributed by atoms with Crippen LogP contribution in [-0.2, 0) is 0 Å². The Balaban J connectivity index is 1.54. The van der Waals surface area contributed by atoms with Crippen molar-refractivity contribution in [2.24, 2.45) is 5.10 Å². The van der Waals surface area contributed by atoms with Crippen LogP contribution in [0, 0.1) is 0 Å². The van der Waals surface area contributed by atoms with Gasteiger partial charge in [-0.05, 0) is 42.5 Å². The SMILES string of the molecule is COc1ccc(N2N=C(c3ccc4c(c3)OCO4)NN2c2nc(C(F)F)c(Cl)s2)cc1. The Morgan fingerprint density at radius 3 is 2.65 bits per heavy atom. The summed E-state index contributed by atoms with van der Waals surface area (Å²) in [5.41, 5.74) is 3.98. The minimum Gasteiger partial charge on any atom is -0.497 e. The number of anilines is 2. The van der Waals surface area contributed by atoms with E-state index in [0.29, 0.717) is 34.3 Å². The summed E-state index contributed by atoms with van der Waals surface area (Å²) in [5, 5.41) is 7.77. The van der Waals surface area contributed by atoms with Crippen molar-refractivity contribution in [2.45, 2.75) is 6.43 Å². The average Bonchev–Trinajstić information content (AvgIpc) is 3.50. The number of hydrogen-bond acceptors (Lipinski definition) is 9. The molecule has 0 fully saturated rings. The second-order valence-electron chi connectivity index (χ2n) is 6.38. The van der Waals surface area contributed by atoms with Gasteiger partial charge in [0, 0.05) is 5.56 Å². The van der Waals surface area contributed by atoms with E-state index in [4.69, 9.17) is 25.8 Å². The molecule has 2 aromatic carbocycles. The van der Waals surface area contributed by atoms with Crippen molar-refractivity contribution in [3.05, 3.63) is 58.1 Å². The zero-order valence-electron chi connectivity index (χ0n) is 15.9. The number of hydrogen-bond donors (Lipinski definition) is 1. The molecular formula is C19H14ClF2N5O3S. The highest BCUT2D eigenvalue weighted by Gasteiger charge is 2.31. The second-order valence-corrected chi connectivity index (χ2v) is 7.96. The predicted octanol–water partition coefficient (Wildman–Crippen LogP) is 4.58. The monoisotopic (exact) mass is 465 g/mol. The molecule has 0 saturated heterocycles. The molecule has 0 amide bonds. The highest BCUT2D eigenvalue weighted by atomic mass is 35.5. The lowest BCUT2D eigenvalue weighted by Gasteiger charge is -2.25. The topological polar surface area (TPSA) is 71.5 Å². The molecule has 2 aliphatic heterocycles. The van der Waals surface area contributed by atoms with Crippen molar-refractivity contribution in [2.75, 3.05) is 24.1 Å². The van der Waals surface area contributed by atoms with Crippen molar-refractivity contribution < 1.29 is 23.0 Å². The average molecular weight is 466 g/mol. The number of amidine groups is 1. The molecule has 12 heteroatoms. The molecule has 160 valence electrons. The number of thiazole rings is 1. The second kappa shape index (κ2) is 7.75. The van der Waals surface area contributed by atoms with Gasteiger partial charge in [0.05, 0.1) is 12.8 Å². The lowest BCUT2D eigenvalue weighted by Crippen LogP contribution is -2.44. The Hall–Kier alpha value is -3.31. The highest BCUT2D eigenvalue weighted by Crippen LogP contribution is 2.38. The Kier molecular flexibility index (Phi) is 4.91. The van der Waals surface area contributed by atoms with Crippen LogP contribution in [0.4, 0.5) is 19.6 Å². The van der Waals surface area contributed by atoms with Gasteiger partial charge in [0.1, 0.15) is 15.8 Å². The summed E-state index contributed by atoms with van der Waals surface area (Å²) in [6, 6.07) is 12.5. The summed E-state index contributed by atoms with van der Waals surface area (Å²) in [6.45, 7) is 0.150. The number of halogens is 3. The van der Waals surface area contributed by atoms with Crippen LogP contribution in [-0.4, -0.2) is 24.7 Å². The quantitative estimate of drug-likeness (QED) is 0.591. The molecule has 5 rings (SSSR count). The van der Waals surface area contributed by atoms with Crippen LogP contribution >= 0.6 is 22.9 Å². The number of ether oxygens (including phenoxy) is 3. The van der Waals surface area contributed by atoms with Crippen LogP contribution in [0.15, 0.2) is 47.6 Å². The van der Waals surface area contributed by atoms with Crippen LogP contribution in [0.1, 0.15) is 17.7 Å². The summed E-state index contributed by atoms with van der Waals surface area (Å²) < 4.78 is 42.4. The van der Waals surface area contributed by atoms with E-state index in [9.17, 15) is 8.78 Å². The molecule has 0 bridgehead atoms. The Morgan fingerprint density at radius 2 is 1.94 bits per heavy atom. The van der Waals surface area contributed by atoms with Gasteiger partial charge in [0.25, 0.3) is 6.43 Å². The number of aromatic nitrogens is 1. The predicted molar refractivity (Wildman–Crippen MR) is 112 cm³/mol. The summed E-state index contributed by atoms with van der Waals surface area (Å²) >= 11 is 6.90. The van der Waals surface area contributed by atoms with Crippen LogP contribution in [0.5, 0.6) is 17.2 Å². The van der Waals surface area contributed by atoms with Crippen molar-refractivity contribution in [1.29, 1.82) is 0 Å². The van der Waals surface area contributed by atoms with E-state index in [1.807, 2.05) is 6.07 Å². The van der Waals surface area contributed by atoms with Crippen molar-refractivity contribution in [1.82, 2.24) is 10.4 Å². The lowest BCUT2D eigenvalue weighted by molar-refractivity contribution is 0.147. The molecule has 2 aliphatic rings. The van der Waals surface area contributed by atoms with E-state index >= 15 is 0 Å². The summed E-state index contributed by atoms with van der Waals surface area (Å²) in [4.78, 5) is 4.00. The first kappa shape index (κ1) is 19.6. The van der Waals surface area contributed by atoms with Gasteiger partial charge in [0.15, 0.2) is 17.3 Å². The van der Waals surface area contributed by atoms with Gasteiger partial charge in [-0.3, -0.25) is 5.43 Å². The third-order valence-corrected chi connectivity index (χ3v) is 5.79. The van der Waals surface area contributed by atoms with Crippen LogP contribution in [0.3, 0.4) is 0 Å². The minimum absolute atomic E-state index is 0.0852. The minimum atomic E-state index is -2.79. The fourth-order valence-corrected chi connectivity index (χ4v) is 4.11. The lowest BCUT2D eigenvalue weighted by atomic mass is 10.2. The molecule has 0 atom stereocenters. The molecule has 3 heterocycles. The van der Waals surface area contributed by atoms with Crippen molar-refractivity contribution in [3.63, 3.8) is 0 Å². The number of methoxy groups -OCH3 is 1. The number of hydrazone groups is 1. The van der Waals surface area contributed by atoms with E-state index in [-0.39, 0.29) is 16.3 Å². The maximum atomic E-state index is 13.2. The number of benzene rings is 2. The summed E-state index contributed by atoms with van der Waals surface area (Å²) in [5.74, 6) is 2.35. The fourth-order valence-electron chi connectivity index (χ4n) is 3.02. The standard InChI is InChI=1S/C19H14ClF2N5O3S/c1-28-12-5-3-11(4-6-12)26-24-18(10-2-7-13-14(8-10)30-9-29-13)25-27(26)19-23-15(17(21)22)16(20)31-19/h2-8,17H,9H2,1H3,(H,24,25). The molecule has 31 heavy (non-hydrogen) atoms. The number of nitrogens with one attached hydrogen (secondary N) is 1. The van der Waals surface area contributed by atoms with Crippen LogP contribution < -0.4 is 29.9 Å². The molecule has 0 unspecified atom stereocenters. The Morgan fingerprint density at radius 1 is 1.16 bits per heavy atom. The number of fused-ring (bicyclic) bond motifs is 1. The van der Waals surface area contributed by atoms with Gasteiger partial charge in [0.2, 0.25) is 11.9 Å². The van der Waals surface area contributed by atoms with Crippen LogP contribution in [0.2, 0.25) is 4.34 Å². The van der Waals surface area contributed by atoms with Crippen molar-refractivity contribution in [3.8, 4) is 17.2 Å². The van der Waals surface area contributed by atoms with Gasteiger partial charge >= 0.3 is 0 Å². The largest absolute Gasteiger partial charge is 0.497 e. The molecule has 3 aromatic rings. The third-order valence-electron chi connectivity index (χ3n) is 4.53. The van der Waals surface area contributed by atoms with E-state index in [1.54, 1.807) is 43.5 Å². The maximum absolute atomic E-state index is 13.2. The number of hydrazine groups is 2. The Bertz CT molecular complexity index is 1160. The third kappa shape index (κ3) is 3.55. The smallest absolute Gasteiger partial charge is 0.282 e. The first-order chi connectivity index (χ1) is 15.0. The first-order valence-corrected chi connectivity index (χ1v) is 10.2. The molecule has 0 aliphatic carbocycles. The zero-order chi connectivity index (χ0) is 21.5. The van der Waals surface area contributed by atoms with E-state index in [0.717, 1.165) is 11.3 Å². The Labute approximate surface area is 184 Å². The highest BCUT2D eigenvalue weighted by molar-refractivity contribution is 7.19. The van der Waals surface area contributed by atoms with Gasteiger partial charge in [-0.15, -0.1) is 15.3 Å². The van der Waals surface area contributed by atoms with E-state index in [2.05, 4.69) is 15.5 Å². The van der Waals surface area contributed by atoms with Gasteiger partial charge in [-0.1, -0.05) is 22.9 Å².